The molecule has 0 unspecified atom stereocenters. The molecule has 6 heteroatoms. The van der Waals surface area contributed by atoms with E-state index in [1.54, 1.807) is 13.2 Å². The number of aryl methyl sites for hydroxylation is 1. The van der Waals surface area contributed by atoms with Gasteiger partial charge in [0.15, 0.2) is 0 Å². The number of halogens is 1. The van der Waals surface area contributed by atoms with Crippen LogP contribution in [0.4, 0.5) is 5.69 Å². The quantitative estimate of drug-likeness (QED) is 0.581. The van der Waals surface area contributed by atoms with Crippen LogP contribution in [0.5, 0.6) is 5.75 Å². The predicted octanol–water partition coefficient (Wildman–Crippen LogP) is 5.14. The number of primary amides is 1. The molecule has 0 saturated heterocycles. The number of anilines is 1. The Bertz CT molecular complexity index is 1100. The molecule has 5 nitrogen and oxygen atoms in total. The van der Waals surface area contributed by atoms with Gasteiger partial charge in [-0.05, 0) is 85.4 Å². The molecule has 1 saturated carbocycles. The van der Waals surface area contributed by atoms with Crippen LogP contribution < -0.4 is 15.4 Å². The van der Waals surface area contributed by atoms with Gasteiger partial charge in [0.1, 0.15) is 5.75 Å². The summed E-state index contributed by atoms with van der Waals surface area (Å²) >= 11 is 6.35. The topological polar surface area (TPSA) is 64.8 Å². The minimum Gasteiger partial charge on any atom is -0.490 e. The number of carbonyl (C=O) groups excluding carboxylic acids is 1. The molecular weight excluding hydrogens is 448 g/mol. The average Bonchev–Trinajstić information content (AvgIpc) is 2.97. The molecule has 4 atom stereocenters. The van der Waals surface area contributed by atoms with Crippen LogP contribution in [0, 0.1) is 11.8 Å². The Labute approximate surface area is 206 Å². The number of nitrogens with two attached hydrogens (primary N) is 1. The van der Waals surface area contributed by atoms with Crippen molar-refractivity contribution < 1.29 is 14.3 Å². The maximum absolute atomic E-state index is 12.0. The zero-order valence-electron chi connectivity index (χ0n) is 19.8. The number of ether oxygens (including phenoxy) is 2. The van der Waals surface area contributed by atoms with Crippen LogP contribution in [0.15, 0.2) is 49.1 Å². The molecule has 1 spiro atoms. The van der Waals surface area contributed by atoms with Crippen LogP contribution in [-0.2, 0) is 16.6 Å². The van der Waals surface area contributed by atoms with E-state index in [0.717, 1.165) is 61.7 Å². The molecule has 0 radical (unpaired) electrons. The third-order valence-corrected chi connectivity index (χ3v) is 8.41. The van der Waals surface area contributed by atoms with Gasteiger partial charge in [-0.1, -0.05) is 23.7 Å². The van der Waals surface area contributed by atoms with E-state index in [-0.39, 0.29) is 11.5 Å². The molecule has 2 aromatic rings. The summed E-state index contributed by atoms with van der Waals surface area (Å²) in [5.74, 6) is 1.32. The summed E-state index contributed by atoms with van der Waals surface area (Å²) in [6, 6.07) is 11.9. The van der Waals surface area contributed by atoms with Crippen LogP contribution in [0.2, 0.25) is 5.02 Å². The first-order valence-electron chi connectivity index (χ1n) is 12.2. The number of fused-ring (bicyclic) bond motifs is 3. The molecule has 2 aliphatic carbocycles. The Balaban J connectivity index is 1.54. The highest BCUT2D eigenvalue weighted by molar-refractivity contribution is 6.30. The molecule has 34 heavy (non-hydrogen) atoms. The van der Waals surface area contributed by atoms with Crippen molar-refractivity contribution in [2.75, 3.05) is 31.7 Å². The first kappa shape index (κ1) is 23.3. The molecule has 180 valence electrons. The van der Waals surface area contributed by atoms with E-state index >= 15 is 0 Å². The number of methoxy groups -OCH3 is 1. The first-order valence-corrected chi connectivity index (χ1v) is 12.6. The van der Waals surface area contributed by atoms with Crippen molar-refractivity contribution in [2.24, 2.45) is 17.6 Å². The fraction of sp³-hybridized carbons (Fsp3) is 0.464. The van der Waals surface area contributed by atoms with E-state index in [9.17, 15) is 4.79 Å². The molecule has 1 amide bonds. The van der Waals surface area contributed by atoms with Crippen molar-refractivity contribution >= 4 is 23.2 Å². The van der Waals surface area contributed by atoms with Gasteiger partial charge >= 0.3 is 0 Å². The lowest BCUT2D eigenvalue weighted by Crippen LogP contribution is -2.49. The minimum absolute atomic E-state index is 0.0601. The van der Waals surface area contributed by atoms with Gasteiger partial charge in [-0.3, -0.25) is 4.79 Å². The highest BCUT2D eigenvalue weighted by Gasteiger charge is 2.44. The second-order valence-electron chi connectivity index (χ2n) is 10.1. The van der Waals surface area contributed by atoms with Gasteiger partial charge in [0.05, 0.1) is 18.4 Å². The van der Waals surface area contributed by atoms with Crippen molar-refractivity contribution in [3.8, 4) is 5.75 Å². The number of hydrogen-bond donors (Lipinski definition) is 1. The first-order chi connectivity index (χ1) is 16.4. The Hall–Kier alpha value is -2.50. The van der Waals surface area contributed by atoms with Gasteiger partial charge in [-0.2, -0.15) is 0 Å². The smallest absolute Gasteiger partial charge is 0.248 e. The largest absolute Gasteiger partial charge is 0.490 e. The number of amides is 1. The van der Waals surface area contributed by atoms with Crippen LogP contribution >= 0.6 is 11.6 Å². The Morgan fingerprint density at radius 2 is 2.21 bits per heavy atom. The molecule has 3 aliphatic rings. The van der Waals surface area contributed by atoms with Crippen LogP contribution in [0.25, 0.3) is 0 Å². The van der Waals surface area contributed by atoms with Gasteiger partial charge in [0, 0.05) is 36.2 Å². The average molecular weight is 481 g/mol. The Morgan fingerprint density at radius 3 is 2.91 bits per heavy atom. The van der Waals surface area contributed by atoms with E-state index in [1.807, 2.05) is 24.3 Å². The highest BCUT2D eigenvalue weighted by Crippen LogP contribution is 2.46. The maximum atomic E-state index is 12.0. The molecule has 1 fully saturated rings. The normalized spacial score (nSPS) is 26.5. The van der Waals surface area contributed by atoms with Crippen LogP contribution in [0.1, 0.15) is 47.2 Å². The highest BCUT2D eigenvalue weighted by atomic mass is 35.5. The molecule has 0 bridgehead atoms. The van der Waals surface area contributed by atoms with E-state index in [0.29, 0.717) is 24.0 Å². The third kappa shape index (κ3) is 4.09. The van der Waals surface area contributed by atoms with Crippen molar-refractivity contribution in [1.82, 2.24) is 0 Å². The second-order valence-corrected chi connectivity index (χ2v) is 10.5. The second kappa shape index (κ2) is 9.27. The fourth-order valence-electron chi connectivity index (χ4n) is 6.25. The molecule has 2 N–H and O–H groups in total. The van der Waals surface area contributed by atoms with Gasteiger partial charge < -0.3 is 20.1 Å². The monoisotopic (exact) mass is 480 g/mol. The standard InChI is InChI=1S/C28H33ClN2O3/c1-3-25(33-2)22-9-6-20(22)15-31-16-28(12-4-5-18-13-21(29)8-10-23(18)28)17-34-26-11-7-19(27(30)32)14-24(26)31/h3,7-8,10-11,13-14,20,22,25H,1,4-6,9,12,15-17H2,2H3,(H2,30,32)/t20-,22+,25-,28-/m0/s1. The summed E-state index contributed by atoms with van der Waals surface area (Å²) in [4.78, 5) is 14.4. The van der Waals surface area contributed by atoms with Gasteiger partial charge in [-0.25, -0.2) is 0 Å². The summed E-state index contributed by atoms with van der Waals surface area (Å²) in [6.45, 7) is 6.28. The van der Waals surface area contributed by atoms with E-state index in [2.05, 4.69) is 23.6 Å². The van der Waals surface area contributed by atoms with Gasteiger partial charge in [0.2, 0.25) is 5.91 Å². The molecule has 5 rings (SSSR count). The summed E-state index contributed by atoms with van der Waals surface area (Å²) in [5.41, 5.74) is 9.62. The molecule has 1 heterocycles. The third-order valence-electron chi connectivity index (χ3n) is 8.18. The lowest BCUT2D eigenvalue weighted by atomic mass is 9.68. The van der Waals surface area contributed by atoms with Crippen molar-refractivity contribution in [2.45, 2.75) is 43.6 Å². The van der Waals surface area contributed by atoms with Gasteiger partial charge in [0.25, 0.3) is 0 Å². The summed E-state index contributed by atoms with van der Waals surface area (Å²) < 4.78 is 12.2. The van der Waals surface area contributed by atoms with Crippen LogP contribution in [0.3, 0.4) is 0 Å². The predicted molar refractivity (Wildman–Crippen MR) is 136 cm³/mol. The summed E-state index contributed by atoms with van der Waals surface area (Å²) in [5, 5.41) is 0.781. The summed E-state index contributed by atoms with van der Waals surface area (Å²) in [7, 11) is 1.76. The summed E-state index contributed by atoms with van der Waals surface area (Å²) in [6.07, 6.45) is 7.46. The van der Waals surface area contributed by atoms with Crippen molar-refractivity contribution in [3.63, 3.8) is 0 Å². The molecule has 0 aromatic heterocycles. The SMILES string of the molecule is C=C[C@H](OC)[C@@H]1CC[C@H]1CN1C[C@@]2(CCCc3cc(Cl)ccc32)COc2ccc(C(N)=O)cc21. The number of benzene rings is 2. The fourth-order valence-corrected chi connectivity index (χ4v) is 6.44. The Kier molecular flexibility index (Phi) is 6.34. The zero-order valence-corrected chi connectivity index (χ0v) is 20.5. The van der Waals surface area contributed by atoms with E-state index in [4.69, 9.17) is 26.8 Å². The number of rotatable bonds is 6. The van der Waals surface area contributed by atoms with E-state index < -0.39 is 5.91 Å². The molecular formula is C28H33ClN2O3. The lowest BCUT2D eigenvalue weighted by molar-refractivity contribution is 0.0135. The molecule has 1 aliphatic heterocycles. The van der Waals surface area contributed by atoms with Crippen molar-refractivity contribution in [3.05, 3.63) is 70.8 Å². The number of hydrogen-bond acceptors (Lipinski definition) is 4. The van der Waals surface area contributed by atoms with Crippen molar-refractivity contribution in [1.29, 1.82) is 0 Å². The maximum Gasteiger partial charge on any atom is 0.248 e. The minimum atomic E-state index is -0.424. The van der Waals surface area contributed by atoms with Gasteiger partial charge in [-0.15, -0.1) is 6.58 Å². The van der Waals surface area contributed by atoms with E-state index in [1.165, 1.54) is 11.1 Å². The van der Waals surface area contributed by atoms with Crippen LogP contribution in [-0.4, -0.2) is 38.8 Å². The lowest BCUT2D eigenvalue weighted by Gasteiger charge is -2.46. The number of carbonyl (C=O) groups is 1. The number of nitrogens with zero attached hydrogens (tertiary/aromatic N) is 1. The molecule has 2 aromatic carbocycles. The Morgan fingerprint density at radius 1 is 1.35 bits per heavy atom. The zero-order chi connectivity index (χ0) is 23.9.